The molecule has 0 bridgehead atoms. The molecular weight excluding hydrogens is 238 g/mol. The Labute approximate surface area is 113 Å². The number of nitrogens with zero attached hydrogens (tertiary/aromatic N) is 2. The molecule has 0 spiro atoms. The van der Waals surface area contributed by atoms with Gasteiger partial charge >= 0.3 is 0 Å². The second kappa shape index (κ2) is 7.16. The average molecular weight is 259 g/mol. The Morgan fingerprint density at radius 2 is 2.05 bits per heavy atom. The van der Waals surface area contributed by atoms with Crippen LogP contribution >= 0.6 is 0 Å². The van der Waals surface area contributed by atoms with Crippen LogP contribution in [0.5, 0.6) is 0 Å². The third kappa shape index (κ3) is 3.98. The number of para-hydroxylation sites is 2. The molecule has 2 aromatic rings. The van der Waals surface area contributed by atoms with Crippen LogP contribution in [0, 0.1) is 5.92 Å². The second-order valence-electron chi connectivity index (χ2n) is 4.77. The highest BCUT2D eigenvalue weighted by Crippen LogP contribution is 2.09. The topological polar surface area (TPSA) is 58.0 Å². The number of hydrogen-bond acceptors (Lipinski definition) is 4. The van der Waals surface area contributed by atoms with E-state index < -0.39 is 0 Å². The summed E-state index contributed by atoms with van der Waals surface area (Å²) >= 11 is 0. The van der Waals surface area contributed by atoms with Gasteiger partial charge in [0.15, 0.2) is 0 Å². The number of fused-ring (bicyclic) bond motifs is 1. The molecule has 0 radical (unpaired) electrons. The van der Waals surface area contributed by atoms with Gasteiger partial charge in [0.2, 0.25) is 0 Å². The molecule has 2 N–H and O–H groups in total. The molecule has 1 aromatic heterocycles. The minimum absolute atomic E-state index is 0.260. The lowest BCUT2D eigenvalue weighted by Crippen LogP contribution is -2.23. The molecule has 0 amide bonds. The highest BCUT2D eigenvalue weighted by atomic mass is 16.3. The van der Waals surface area contributed by atoms with Gasteiger partial charge in [0.05, 0.1) is 22.9 Å². The van der Waals surface area contributed by atoms with Crippen molar-refractivity contribution in [2.24, 2.45) is 5.92 Å². The van der Waals surface area contributed by atoms with Gasteiger partial charge in [-0.3, -0.25) is 4.98 Å². The smallest absolute Gasteiger partial charge is 0.0890 e. The molecular formula is C15H21N3O. The van der Waals surface area contributed by atoms with Gasteiger partial charge in [-0.2, -0.15) is 0 Å². The van der Waals surface area contributed by atoms with E-state index in [0.717, 1.165) is 42.7 Å². The highest BCUT2D eigenvalue weighted by molar-refractivity contribution is 5.73. The molecule has 19 heavy (non-hydrogen) atoms. The van der Waals surface area contributed by atoms with Crippen molar-refractivity contribution < 1.29 is 5.11 Å². The maximum atomic E-state index is 8.95. The van der Waals surface area contributed by atoms with Crippen LogP contribution in [0.2, 0.25) is 0 Å². The van der Waals surface area contributed by atoms with Gasteiger partial charge in [0.1, 0.15) is 0 Å². The molecule has 4 heteroatoms. The SMILES string of the molecule is CCC(CCO)CNCc1cnc2ccccc2n1. The van der Waals surface area contributed by atoms with Crippen molar-refractivity contribution in [2.45, 2.75) is 26.3 Å². The van der Waals surface area contributed by atoms with Crippen LogP contribution in [0.4, 0.5) is 0 Å². The summed E-state index contributed by atoms with van der Waals surface area (Å²) in [6.45, 7) is 4.04. The van der Waals surface area contributed by atoms with E-state index in [-0.39, 0.29) is 6.61 Å². The number of aliphatic hydroxyl groups excluding tert-OH is 1. The van der Waals surface area contributed by atoms with Crippen molar-refractivity contribution in [1.82, 2.24) is 15.3 Å². The molecule has 0 aliphatic heterocycles. The number of rotatable bonds is 7. The first kappa shape index (κ1) is 13.9. The predicted molar refractivity (Wildman–Crippen MR) is 76.7 cm³/mol. The van der Waals surface area contributed by atoms with Crippen molar-refractivity contribution in [3.05, 3.63) is 36.2 Å². The van der Waals surface area contributed by atoms with Crippen LogP contribution in [-0.2, 0) is 6.54 Å². The number of aromatic nitrogens is 2. The van der Waals surface area contributed by atoms with Gasteiger partial charge in [0, 0.05) is 13.2 Å². The lowest BCUT2D eigenvalue weighted by Gasteiger charge is -2.14. The van der Waals surface area contributed by atoms with Gasteiger partial charge < -0.3 is 10.4 Å². The predicted octanol–water partition coefficient (Wildman–Crippen LogP) is 2.13. The van der Waals surface area contributed by atoms with Crippen LogP contribution in [-0.4, -0.2) is 28.2 Å². The summed E-state index contributed by atoms with van der Waals surface area (Å²) < 4.78 is 0. The van der Waals surface area contributed by atoms with Crippen molar-refractivity contribution >= 4 is 11.0 Å². The standard InChI is InChI=1S/C15H21N3O/c1-2-12(7-8-19)9-16-10-13-11-17-14-5-3-4-6-15(14)18-13/h3-6,11-12,16,19H,2,7-10H2,1H3. The lowest BCUT2D eigenvalue weighted by atomic mass is 10.0. The fourth-order valence-electron chi connectivity index (χ4n) is 2.12. The summed E-state index contributed by atoms with van der Waals surface area (Å²) in [5.74, 6) is 0.526. The monoisotopic (exact) mass is 259 g/mol. The van der Waals surface area contributed by atoms with Crippen molar-refractivity contribution in [3.8, 4) is 0 Å². The van der Waals surface area contributed by atoms with Crippen LogP contribution in [0.3, 0.4) is 0 Å². The first-order chi connectivity index (χ1) is 9.33. The van der Waals surface area contributed by atoms with Crippen LogP contribution < -0.4 is 5.32 Å². The fraction of sp³-hybridized carbons (Fsp3) is 0.467. The van der Waals surface area contributed by atoms with Crippen LogP contribution in [0.15, 0.2) is 30.5 Å². The summed E-state index contributed by atoms with van der Waals surface area (Å²) in [5, 5.41) is 12.3. The molecule has 1 unspecified atom stereocenters. The van der Waals surface area contributed by atoms with E-state index in [1.165, 1.54) is 0 Å². The quantitative estimate of drug-likeness (QED) is 0.799. The lowest BCUT2D eigenvalue weighted by molar-refractivity contribution is 0.251. The molecule has 1 aromatic carbocycles. The molecule has 1 atom stereocenters. The normalized spacial score (nSPS) is 12.7. The zero-order valence-electron chi connectivity index (χ0n) is 11.3. The van der Waals surface area contributed by atoms with E-state index in [4.69, 9.17) is 5.11 Å². The van der Waals surface area contributed by atoms with Crippen LogP contribution in [0.1, 0.15) is 25.5 Å². The van der Waals surface area contributed by atoms with E-state index in [0.29, 0.717) is 5.92 Å². The fourth-order valence-corrected chi connectivity index (χ4v) is 2.12. The van der Waals surface area contributed by atoms with Gasteiger partial charge in [-0.1, -0.05) is 25.5 Å². The third-order valence-electron chi connectivity index (χ3n) is 3.35. The number of aliphatic hydroxyl groups is 1. The molecule has 0 saturated heterocycles. The summed E-state index contributed by atoms with van der Waals surface area (Å²) in [4.78, 5) is 8.96. The maximum Gasteiger partial charge on any atom is 0.0890 e. The van der Waals surface area contributed by atoms with Crippen molar-refractivity contribution in [1.29, 1.82) is 0 Å². The van der Waals surface area contributed by atoms with Gasteiger partial charge in [-0.05, 0) is 31.0 Å². The summed E-state index contributed by atoms with van der Waals surface area (Å²) in [6, 6.07) is 7.89. The maximum absolute atomic E-state index is 8.95. The molecule has 2 rings (SSSR count). The van der Waals surface area contributed by atoms with Crippen molar-refractivity contribution in [3.63, 3.8) is 0 Å². The Morgan fingerprint density at radius 1 is 1.26 bits per heavy atom. The first-order valence-electron chi connectivity index (χ1n) is 6.85. The Hall–Kier alpha value is -1.52. The molecule has 0 saturated carbocycles. The summed E-state index contributed by atoms with van der Waals surface area (Å²) in [5.41, 5.74) is 2.82. The zero-order valence-corrected chi connectivity index (χ0v) is 11.3. The Bertz CT molecular complexity index is 515. The Morgan fingerprint density at radius 3 is 2.79 bits per heavy atom. The van der Waals surface area contributed by atoms with Gasteiger partial charge in [-0.15, -0.1) is 0 Å². The van der Waals surface area contributed by atoms with E-state index in [1.807, 2.05) is 30.5 Å². The van der Waals surface area contributed by atoms with Crippen molar-refractivity contribution in [2.75, 3.05) is 13.2 Å². The van der Waals surface area contributed by atoms with Crippen LogP contribution in [0.25, 0.3) is 11.0 Å². The summed E-state index contributed by atoms with van der Waals surface area (Å²) in [7, 11) is 0. The largest absolute Gasteiger partial charge is 0.396 e. The molecule has 0 aliphatic carbocycles. The number of hydrogen-bond donors (Lipinski definition) is 2. The zero-order chi connectivity index (χ0) is 13.5. The third-order valence-corrected chi connectivity index (χ3v) is 3.35. The van der Waals surface area contributed by atoms with E-state index in [1.54, 1.807) is 0 Å². The average Bonchev–Trinajstić information content (AvgIpc) is 2.46. The second-order valence-corrected chi connectivity index (χ2v) is 4.77. The minimum atomic E-state index is 0.260. The highest BCUT2D eigenvalue weighted by Gasteiger charge is 2.05. The summed E-state index contributed by atoms with van der Waals surface area (Å²) in [6.07, 6.45) is 3.76. The Balaban J connectivity index is 1.90. The number of benzene rings is 1. The van der Waals surface area contributed by atoms with E-state index in [9.17, 15) is 0 Å². The molecule has 1 heterocycles. The van der Waals surface area contributed by atoms with E-state index >= 15 is 0 Å². The van der Waals surface area contributed by atoms with E-state index in [2.05, 4.69) is 22.2 Å². The molecule has 4 nitrogen and oxygen atoms in total. The molecule has 0 aliphatic rings. The Kier molecular flexibility index (Phi) is 5.24. The molecule has 102 valence electrons. The van der Waals surface area contributed by atoms with Gasteiger partial charge in [-0.25, -0.2) is 4.98 Å². The first-order valence-corrected chi connectivity index (χ1v) is 6.85. The number of nitrogens with one attached hydrogen (secondary N) is 1. The minimum Gasteiger partial charge on any atom is -0.396 e. The van der Waals surface area contributed by atoms with Gasteiger partial charge in [0.25, 0.3) is 0 Å². The molecule has 0 fully saturated rings.